The number of alkyl carbamates (subject to hydrolysis) is 1. The van der Waals surface area contributed by atoms with Crippen molar-refractivity contribution < 1.29 is 14.1 Å². The minimum atomic E-state index is -0.472. The second-order valence-corrected chi connectivity index (χ2v) is 6.68. The Hall–Kier alpha value is -1.63. The maximum atomic E-state index is 11.7. The van der Waals surface area contributed by atoms with E-state index in [0.717, 1.165) is 13.1 Å². The number of rotatable bonds is 8. The van der Waals surface area contributed by atoms with Crippen LogP contribution in [0.1, 0.15) is 40.5 Å². The van der Waals surface area contributed by atoms with Crippen LogP contribution >= 0.6 is 0 Å². The molecule has 0 saturated carbocycles. The SMILES string of the molecule is CC(C)C(CNCCc1ncno1)CNC(=O)OC(C)(C)C. The third kappa shape index (κ3) is 7.97. The Bertz CT molecular complexity index is 426. The van der Waals surface area contributed by atoms with Crippen LogP contribution in [-0.2, 0) is 11.2 Å². The van der Waals surface area contributed by atoms with Crippen LogP contribution in [0, 0.1) is 11.8 Å². The number of nitrogens with one attached hydrogen (secondary N) is 2. The van der Waals surface area contributed by atoms with Crippen molar-refractivity contribution in [2.75, 3.05) is 19.6 Å². The van der Waals surface area contributed by atoms with Crippen LogP contribution in [0.25, 0.3) is 0 Å². The predicted octanol–water partition coefficient (Wildman–Crippen LogP) is 2.00. The highest BCUT2D eigenvalue weighted by Gasteiger charge is 2.18. The molecule has 2 N–H and O–H groups in total. The van der Waals surface area contributed by atoms with Crippen molar-refractivity contribution >= 4 is 6.09 Å². The zero-order valence-electron chi connectivity index (χ0n) is 14.2. The van der Waals surface area contributed by atoms with Gasteiger partial charge >= 0.3 is 6.09 Å². The average Bonchev–Trinajstić information content (AvgIpc) is 2.88. The first-order valence-corrected chi connectivity index (χ1v) is 7.71. The van der Waals surface area contributed by atoms with E-state index >= 15 is 0 Å². The summed E-state index contributed by atoms with van der Waals surface area (Å²) in [7, 11) is 0. The van der Waals surface area contributed by atoms with E-state index in [1.54, 1.807) is 0 Å². The monoisotopic (exact) mass is 312 g/mol. The van der Waals surface area contributed by atoms with Crippen LogP contribution in [0.4, 0.5) is 4.79 Å². The number of carbonyl (C=O) groups is 1. The molecule has 7 heteroatoms. The van der Waals surface area contributed by atoms with Crippen molar-refractivity contribution in [2.45, 2.75) is 46.6 Å². The Kier molecular flexibility index (Phi) is 7.31. The molecule has 1 amide bonds. The average molecular weight is 312 g/mol. The summed E-state index contributed by atoms with van der Waals surface area (Å²) in [5, 5.41) is 9.76. The molecule has 0 saturated heterocycles. The van der Waals surface area contributed by atoms with Gasteiger partial charge in [-0.2, -0.15) is 4.98 Å². The summed E-state index contributed by atoms with van der Waals surface area (Å²) in [6, 6.07) is 0. The highest BCUT2D eigenvalue weighted by Crippen LogP contribution is 2.10. The molecular formula is C15H28N4O3. The van der Waals surface area contributed by atoms with Gasteiger partial charge in [0.1, 0.15) is 5.60 Å². The molecule has 0 radical (unpaired) electrons. The molecule has 1 aromatic rings. The van der Waals surface area contributed by atoms with Gasteiger partial charge in [0, 0.05) is 19.5 Å². The van der Waals surface area contributed by atoms with E-state index in [0.29, 0.717) is 30.7 Å². The maximum Gasteiger partial charge on any atom is 0.407 e. The van der Waals surface area contributed by atoms with Crippen LogP contribution in [0.3, 0.4) is 0 Å². The molecule has 22 heavy (non-hydrogen) atoms. The Labute approximate surface area is 132 Å². The van der Waals surface area contributed by atoms with Gasteiger partial charge in [0.2, 0.25) is 5.89 Å². The molecule has 1 unspecified atom stereocenters. The van der Waals surface area contributed by atoms with Gasteiger partial charge in [-0.05, 0) is 39.2 Å². The van der Waals surface area contributed by atoms with Crippen LogP contribution in [-0.4, -0.2) is 41.5 Å². The first-order valence-electron chi connectivity index (χ1n) is 7.71. The highest BCUT2D eigenvalue weighted by molar-refractivity contribution is 5.67. The van der Waals surface area contributed by atoms with Gasteiger partial charge in [0.25, 0.3) is 0 Å². The molecule has 0 bridgehead atoms. The minimum Gasteiger partial charge on any atom is -0.444 e. The Morgan fingerprint density at radius 3 is 2.64 bits per heavy atom. The second kappa shape index (κ2) is 8.73. The van der Waals surface area contributed by atoms with Crippen molar-refractivity contribution in [2.24, 2.45) is 11.8 Å². The van der Waals surface area contributed by atoms with Crippen LogP contribution in [0.15, 0.2) is 10.9 Å². The lowest BCUT2D eigenvalue weighted by molar-refractivity contribution is 0.0515. The molecule has 126 valence electrons. The number of hydrogen-bond donors (Lipinski definition) is 2. The van der Waals surface area contributed by atoms with E-state index in [4.69, 9.17) is 9.26 Å². The van der Waals surface area contributed by atoms with Crippen molar-refractivity contribution in [3.63, 3.8) is 0 Å². The molecular weight excluding hydrogens is 284 g/mol. The molecule has 1 aromatic heterocycles. The smallest absolute Gasteiger partial charge is 0.407 e. The third-order valence-corrected chi connectivity index (χ3v) is 3.18. The van der Waals surface area contributed by atoms with E-state index in [-0.39, 0.29) is 6.09 Å². The molecule has 1 atom stereocenters. The van der Waals surface area contributed by atoms with Gasteiger partial charge in [-0.15, -0.1) is 0 Å². The fourth-order valence-electron chi connectivity index (χ4n) is 1.86. The lowest BCUT2D eigenvalue weighted by atomic mass is 9.96. The highest BCUT2D eigenvalue weighted by atomic mass is 16.6. The predicted molar refractivity (Wildman–Crippen MR) is 83.4 cm³/mol. The first-order chi connectivity index (χ1) is 10.3. The van der Waals surface area contributed by atoms with Gasteiger partial charge in [-0.3, -0.25) is 0 Å². The molecule has 0 aromatic carbocycles. The van der Waals surface area contributed by atoms with E-state index in [1.165, 1.54) is 6.33 Å². The molecule has 1 rings (SSSR count). The van der Waals surface area contributed by atoms with E-state index in [2.05, 4.69) is 34.6 Å². The molecule has 0 aliphatic rings. The fourth-order valence-corrected chi connectivity index (χ4v) is 1.86. The zero-order chi connectivity index (χ0) is 16.6. The minimum absolute atomic E-state index is 0.329. The summed E-state index contributed by atoms with van der Waals surface area (Å²) in [5.41, 5.74) is -0.472. The Balaban J connectivity index is 2.25. The van der Waals surface area contributed by atoms with Gasteiger partial charge < -0.3 is 19.9 Å². The molecule has 1 heterocycles. The summed E-state index contributed by atoms with van der Waals surface area (Å²) in [5.74, 6) is 1.40. The number of nitrogens with zero attached hydrogens (tertiary/aromatic N) is 2. The maximum absolute atomic E-state index is 11.7. The summed E-state index contributed by atoms with van der Waals surface area (Å²) in [6.07, 6.45) is 1.73. The normalized spacial score (nSPS) is 13.2. The van der Waals surface area contributed by atoms with Crippen molar-refractivity contribution in [1.29, 1.82) is 0 Å². The lowest BCUT2D eigenvalue weighted by Crippen LogP contribution is -2.39. The Morgan fingerprint density at radius 1 is 1.36 bits per heavy atom. The van der Waals surface area contributed by atoms with Crippen LogP contribution in [0.5, 0.6) is 0 Å². The topological polar surface area (TPSA) is 89.3 Å². The van der Waals surface area contributed by atoms with E-state index in [1.807, 2.05) is 20.8 Å². The summed E-state index contributed by atoms with van der Waals surface area (Å²) in [4.78, 5) is 15.7. The quantitative estimate of drug-likeness (QED) is 0.714. The molecule has 0 aliphatic heterocycles. The summed E-state index contributed by atoms with van der Waals surface area (Å²) in [6.45, 7) is 12.0. The standard InChI is InChI=1S/C15H28N4O3/c1-11(2)12(9-17-14(20)21-15(3,4)5)8-16-7-6-13-18-10-19-22-13/h10-12,16H,6-9H2,1-5H3,(H,17,20). The van der Waals surface area contributed by atoms with E-state index in [9.17, 15) is 4.79 Å². The van der Waals surface area contributed by atoms with Crippen molar-refractivity contribution in [3.8, 4) is 0 Å². The number of aromatic nitrogens is 2. The Morgan fingerprint density at radius 2 is 2.09 bits per heavy atom. The number of amides is 1. The fraction of sp³-hybridized carbons (Fsp3) is 0.800. The van der Waals surface area contributed by atoms with Gasteiger partial charge in [-0.25, -0.2) is 4.79 Å². The van der Waals surface area contributed by atoms with E-state index < -0.39 is 5.60 Å². The van der Waals surface area contributed by atoms with Gasteiger partial charge in [0.05, 0.1) is 0 Å². The summed E-state index contributed by atoms with van der Waals surface area (Å²) < 4.78 is 10.2. The molecule has 7 nitrogen and oxygen atoms in total. The molecule has 0 fully saturated rings. The van der Waals surface area contributed by atoms with Crippen molar-refractivity contribution in [3.05, 3.63) is 12.2 Å². The second-order valence-electron chi connectivity index (χ2n) is 6.68. The summed E-state index contributed by atoms with van der Waals surface area (Å²) >= 11 is 0. The van der Waals surface area contributed by atoms with Gasteiger partial charge in [0.15, 0.2) is 6.33 Å². The van der Waals surface area contributed by atoms with Gasteiger partial charge in [-0.1, -0.05) is 19.0 Å². The first kappa shape index (κ1) is 18.4. The van der Waals surface area contributed by atoms with Crippen LogP contribution < -0.4 is 10.6 Å². The third-order valence-electron chi connectivity index (χ3n) is 3.18. The molecule has 0 spiro atoms. The zero-order valence-corrected chi connectivity index (χ0v) is 14.2. The number of hydrogen-bond acceptors (Lipinski definition) is 6. The lowest BCUT2D eigenvalue weighted by Gasteiger charge is -2.24. The largest absolute Gasteiger partial charge is 0.444 e. The number of ether oxygens (including phenoxy) is 1. The number of carbonyl (C=O) groups excluding carboxylic acids is 1. The van der Waals surface area contributed by atoms with Crippen molar-refractivity contribution in [1.82, 2.24) is 20.8 Å². The van der Waals surface area contributed by atoms with Crippen LogP contribution in [0.2, 0.25) is 0 Å². The molecule has 0 aliphatic carbocycles.